The maximum absolute atomic E-state index is 11.0. The van der Waals surface area contributed by atoms with Gasteiger partial charge in [0, 0.05) is 23.4 Å². The van der Waals surface area contributed by atoms with Crippen LogP contribution in [0.4, 0.5) is 5.69 Å². The highest BCUT2D eigenvalue weighted by atomic mass is 32.2. The van der Waals surface area contributed by atoms with Gasteiger partial charge in [0.2, 0.25) is 5.16 Å². The van der Waals surface area contributed by atoms with Crippen LogP contribution in [0.5, 0.6) is 0 Å². The summed E-state index contributed by atoms with van der Waals surface area (Å²) in [6.07, 6.45) is 1.56. The average Bonchev–Trinajstić information content (AvgIpc) is 3.27. The van der Waals surface area contributed by atoms with E-state index < -0.39 is 4.92 Å². The standard InChI is InChI=1S/C18H15N7O3S/c1-10-8-15(21-16(20-10)12-4-3-5-13(9-12)25(26)27)29-18-23-22-17(24(18)19)14-6-7-28-11(14)2/h3-9H,19H2,1-2H3. The fourth-order valence-corrected chi connectivity index (χ4v) is 3.54. The van der Waals surface area contributed by atoms with Gasteiger partial charge in [-0.1, -0.05) is 12.1 Å². The van der Waals surface area contributed by atoms with Gasteiger partial charge in [0.05, 0.1) is 16.7 Å². The zero-order valence-corrected chi connectivity index (χ0v) is 16.3. The number of aromatic nitrogens is 5. The predicted octanol–water partition coefficient (Wildman–Crippen LogP) is 3.39. The number of hydrogen-bond acceptors (Lipinski definition) is 9. The van der Waals surface area contributed by atoms with E-state index in [-0.39, 0.29) is 5.69 Å². The Morgan fingerprint density at radius 1 is 1.17 bits per heavy atom. The summed E-state index contributed by atoms with van der Waals surface area (Å²) in [7, 11) is 0. The fourth-order valence-electron chi connectivity index (χ4n) is 2.72. The first kappa shape index (κ1) is 18.6. The van der Waals surface area contributed by atoms with Crippen LogP contribution in [-0.2, 0) is 0 Å². The van der Waals surface area contributed by atoms with Crippen molar-refractivity contribution in [2.24, 2.45) is 0 Å². The quantitative estimate of drug-likeness (QED) is 0.227. The summed E-state index contributed by atoms with van der Waals surface area (Å²) < 4.78 is 6.66. The molecule has 0 aliphatic carbocycles. The molecule has 0 unspecified atom stereocenters. The third-order valence-corrected chi connectivity index (χ3v) is 4.99. The third kappa shape index (κ3) is 3.67. The number of furan rings is 1. The van der Waals surface area contributed by atoms with Crippen molar-refractivity contribution < 1.29 is 9.34 Å². The van der Waals surface area contributed by atoms with Crippen molar-refractivity contribution in [2.45, 2.75) is 24.0 Å². The Morgan fingerprint density at radius 3 is 2.72 bits per heavy atom. The molecule has 29 heavy (non-hydrogen) atoms. The summed E-state index contributed by atoms with van der Waals surface area (Å²) in [5.74, 6) is 7.70. The van der Waals surface area contributed by atoms with Gasteiger partial charge in [-0.3, -0.25) is 10.1 Å². The molecular formula is C18H15N7O3S. The topological polar surface area (TPSA) is 139 Å². The Hall–Kier alpha value is -3.73. The molecule has 0 spiro atoms. The highest BCUT2D eigenvalue weighted by Crippen LogP contribution is 2.30. The molecule has 1 aromatic carbocycles. The zero-order chi connectivity index (χ0) is 20.5. The smallest absolute Gasteiger partial charge is 0.270 e. The number of benzene rings is 1. The lowest BCUT2D eigenvalue weighted by Crippen LogP contribution is -2.11. The normalized spacial score (nSPS) is 11.0. The molecule has 0 saturated carbocycles. The first-order valence-corrected chi connectivity index (χ1v) is 9.27. The molecule has 4 rings (SSSR count). The van der Waals surface area contributed by atoms with E-state index in [1.165, 1.54) is 28.6 Å². The van der Waals surface area contributed by atoms with Crippen molar-refractivity contribution in [1.29, 1.82) is 0 Å². The molecular weight excluding hydrogens is 394 g/mol. The second-order valence-corrected chi connectivity index (χ2v) is 7.13. The molecule has 0 bridgehead atoms. The van der Waals surface area contributed by atoms with Crippen molar-refractivity contribution in [2.75, 3.05) is 5.84 Å². The minimum atomic E-state index is -0.453. The van der Waals surface area contributed by atoms with Crippen LogP contribution in [0.2, 0.25) is 0 Å². The molecule has 146 valence electrons. The van der Waals surface area contributed by atoms with E-state index in [1.807, 2.05) is 13.8 Å². The van der Waals surface area contributed by atoms with Crippen molar-refractivity contribution in [1.82, 2.24) is 24.8 Å². The number of nitro groups is 1. The molecule has 4 aromatic rings. The second kappa shape index (κ2) is 7.36. The second-order valence-electron chi connectivity index (χ2n) is 6.15. The van der Waals surface area contributed by atoms with Gasteiger partial charge in [-0.15, -0.1) is 10.2 Å². The minimum Gasteiger partial charge on any atom is -0.469 e. The molecule has 10 nitrogen and oxygen atoms in total. The van der Waals surface area contributed by atoms with Gasteiger partial charge in [0.15, 0.2) is 11.6 Å². The molecule has 0 saturated heterocycles. The van der Waals surface area contributed by atoms with E-state index in [9.17, 15) is 10.1 Å². The molecule has 0 amide bonds. The van der Waals surface area contributed by atoms with Crippen LogP contribution in [-0.4, -0.2) is 29.8 Å². The monoisotopic (exact) mass is 409 g/mol. The molecule has 11 heteroatoms. The van der Waals surface area contributed by atoms with Crippen LogP contribution in [0.25, 0.3) is 22.8 Å². The Morgan fingerprint density at radius 2 is 2.00 bits per heavy atom. The Labute approximate surface area is 168 Å². The van der Waals surface area contributed by atoms with Gasteiger partial charge in [-0.2, -0.15) is 0 Å². The predicted molar refractivity (Wildman–Crippen MR) is 106 cm³/mol. The molecule has 3 heterocycles. The molecule has 0 aliphatic rings. The van der Waals surface area contributed by atoms with E-state index in [0.717, 1.165) is 5.56 Å². The average molecular weight is 409 g/mol. The summed E-state index contributed by atoms with van der Waals surface area (Å²) in [6.45, 7) is 3.63. The summed E-state index contributed by atoms with van der Waals surface area (Å²) in [5.41, 5.74) is 1.98. The number of nitrogen functional groups attached to an aromatic ring is 1. The SMILES string of the molecule is Cc1cc(Sc2nnc(-c3ccoc3C)n2N)nc(-c2cccc([N+](=O)[O-])c2)n1. The summed E-state index contributed by atoms with van der Waals surface area (Å²) in [6, 6.07) is 9.73. The number of nitrogens with two attached hydrogens (primary N) is 1. The number of aryl methyl sites for hydroxylation is 2. The zero-order valence-electron chi connectivity index (χ0n) is 15.4. The number of nitro benzene ring substituents is 1. The van der Waals surface area contributed by atoms with Crippen molar-refractivity contribution >= 4 is 17.4 Å². The summed E-state index contributed by atoms with van der Waals surface area (Å²) >= 11 is 1.22. The van der Waals surface area contributed by atoms with Gasteiger partial charge >= 0.3 is 0 Å². The highest BCUT2D eigenvalue weighted by molar-refractivity contribution is 7.99. The molecule has 0 fully saturated rings. The van der Waals surface area contributed by atoms with E-state index in [4.69, 9.17) is 10.3 Å². The van der Waals surface area contributed by atoms with Gasteiger partial charge < -0.3 is 10.3 Å². The maximum Gasteiger partial charge on any atom is 0.270 e. The first-order valence-electron chi connectivity index (χ1n) is 8.45. The van der Waals surface area contributed by atoms with Crippen LogP contribution in [0.15, 0.2) is 57.3 Å². The highest BCUT2D eigenvalue weighted by Gasteiger charge is 2.18. The third-order valence-electron chi connectivity index (χ3n) is 4.11. The lowest BCUT2D eigenvalue weighted by atomic mass is 10.2. The van der Waals surface area contributed by atoms with Crippen molar-refractivity contribution in [3.05, 3.63) is 64.2 Å². The summed E-state index contributed by atoms with van der Waals surface area (Å²) in [5, 5.41) is 20.3. The van der Waals surface area contributed by atoms with Crippen molar-refractivity contribution in [3.63, 3.8) is 0 Å². The van der Waals surface area contributed by atoms with Crippen LogP contribution >= 0.6 is 11.8 Å². The Bertz CT molecular complexity index is 1220. The number of rotatable bonds is 5. The fraction of sp³-hybridized carbons (Fsp3) is 0.111. The number of nitrogens with zero attached hydrogens (tertiary/aromatic N) is 6. The molecule has 3 aromatic heterocycles. The lowest BCUT2D eigenvalue weighted by Gasteiger charge is -2.06. The summed E-state index contributed by atoms with van der Waals surface area (Å²) in [4.78, 5) is 19.5. The minimum absolute atomic E-state index is 0.0244. The van der Waals surface area contributed by atoms with Crippen LogP contribution < -0.4 is 5.84 Å². The van der Waals surface area contributed by atoms with Gasteiger partial charge in [0.1, 0.15) is 10.8 Å². The Balaban J connectivity index is 1.68. The van der Waals surface area contributed by atoms with E-state index >= 15 is 0 Å². The first-order chi connectivity index (χ1) is 13.9. The Kier molecular flexibility index (Phi) is 4.72. The van der Waals surface area contributed by atoms with Crippen molar-refractivity contribution in [3.8, 4) is 22.8 Å². The number of non-ortho nitro benzene ring substituents is 1. The van der Waals surface area contributed by atoms with E-state index in [1.54, 1.807) is 30.5 Å². The van der Waals surface area contributed by atoms with Crippen LogP contribution in [0.1, 0.15) is 11.5 Å². The largest absolute Gasteiger partial charge is 0.469 e. The molecule has 2 N–H and O–H groups in total. The van der Waals surface area contributed by atoms with E-state index in [0.29, 0.717) is 38.8 Å². The molecule has 0 atom stereocenters. The maximum atomic E-state index is 11.0. The van der Waals surface area contributed by atoms with Crippen LogP contribution in [0, 0.1) is 24.0 Å². The lowest BCUT2D eigenvalue weighted by molar-refractivity contribution is -0.384. The van der Waals surface area contributed by atoms with Gasteiger partial charge in [-0.05, 0) is 37.7 Å². The van der Waals surface area contributed by atoms with Crippen LogP contribution in [0.3, 0.4) is 0 Å². The van der Waals surface area contributed by atoms with Gasteiger partial charge in [-0.25, -0.2) is 14.6 Å². The van der Waals surface area contributed by atoms with Gasteiger partial charge in [0.25, 0.3) is 5.69 Å². The number of hydrogen-bond donors (Lipinski definition) is 1. The molecule has 0 radical (unpaired) electrons. The molecule has 0 aliphatic heterocycles. The van der Waals surface area contributed by atoms with E-state index in [2.05, 4.69) is 20.2 Å².